The summed E-state index contributed by atoms with van der Waals surface area (Å²) >= 11 is 5.91. The van der Waals surface area contributed by atoms with Crippen LogP contribution in [0, 0.1) is 0 Å². The molecule has 8 heteroatoms. The van der Waals surface area contributed by atoms with Gasteiger partial charge in [-0.15, -0.1) is 0 Å². The Bertz CT molecular complexity index is 780. The van der Waals surface area contributed by atoms with Crippen LogP contribution in [-0.4, -0.2) is 32.1 Å². The Morgan fingerprint density at radius 2 is 1.92 bits per heavy atom. The summed E-state index contributed by atoms with van der Waals surface area (Å²) in [5.74, 6) is -0.269. The number of hydrogen-bond acceptors (Lipinski definition) is 4. The minimum Gasteiger partial charge on any atom is -0.345 e. The third-order valence-corrected chi connectivity index (χ3v) is 4.22. The van der Waals surface area contributed by atoms with Gasteiger partial charge in [0.2, 0.25) is 15.9 Å². The van der Waals surface area contributed by atoms with E-state index in [0.29, 0.717) is 5.02 Å². The molecule has 1 heterocycles. The van der Waals surface area contributed by atoms with Gasteiger partial charge >= 0.3 is 0 Å². The fourth-order valence-corrected chi connectivity index (χ4v) is 2.74. The van der Waals surface area contributed by atoms with Gasteiger partial charge in [0.05, 0.1) is 12.3 Å². The van der Waals surface area contributed by atoms with E-state index in [-0.39, 0.29) is 24.9 Å². The Kier molecular flexibility index (Phi) is 6.30. The number of halogens is 1. The van der Waals surface area contributed by atoms with Gasteiger partial charge in [-0.2, -0.15) is 0 Å². The van der Waals surface area contributed by atoms with Crippen molar-refractivity contribution in [3.63, 3.8) is 0 Å². The van der Waals surface area contributed by atoms with Gasteiger partial charge in [0.25, 0.3) is 0 Å². The van der Waals surface area contributed by atoms with Crippen LogP contribution >= 0.6 is 11.6 Å². The second-order valence-electron chi connectivity index (χ2n) is 5.25. The first-order valence-corrected chi connectivity index (χ1v) is 9.51. The van der Waals surface area contributed by atoms with Crippen molar-refractivity contribution < 1.29 is 13.2 Å². The van der Waals surface area contributed by atoms with Crippen LogP contribution in [0.5, 0.6) is 0 Å². The van der Waals surface area contributed by atoms with E-state index in [1.165, 1.54) is 0 Å². The highest BCUT2D eigenvalue weighted by atomic mass is 35.5. The standard InChI is InChI=1S/C16H18ClN3O3S/c1-24(22,23)19-10-8-15(21)20-16(13-3-2-9-18-11-13)12-4-6-14(17)7-5-12/h2-7,9,11,16,19H,8,10H2,1H3,(H,20,21). The zero-order valence-electron chi connectivity index (χ0n) is 13.1. The zero-order chi connectivity index (χ0) is 17.6. The normalized spacial score (nSPS) is 12.6. The van der Waals surface area contributed by atoms with Crippen molar-refractivity contribution >= 4 is 27.5 Å². The van der Waals surface area contributed by atoms with Crippen molar-refractivity contribution in [2.75, 3.05) is 12.8 Å². The van der Waals surface area contributed by atoms with Crippen molar-refractivity contribution in [2.45, 2.75) is 12.5 Å². The summed E-state index contributed by atoms with van der Waals surface area (Å²) in [6.45, 7) is 0.0467. The van der Waals surface area contributed by atoms with Crippen molar-refractivity contribution in [3.8, 4) is 0 Å². The lowest BCUT2D eigenvalue weighted by atomic mass is 10.00. The molecule has 1 unspecified atom stereocenters. The fraction of sp³-hybridized carbons (Fsp3) is 0.250. The number of nitrogens with zero attached hydrogens (tertiary/aromatic N) is 1. The molecule has 0 spiro atoms. The van der Waals surface area contributed by atoms with Gasteiger partial charge in [-0.1, -0.05) is 29.8 Å². The smallest absolute Gasteiger partial charge is 0.222 e. The number of amides is 1. The van der Waals surface area contributed by atoms with E-state index in [4.69, 9.17) is 11.6 Å². The Balaban J connectivity index is 2.12. The Morgan fingerprint density at radius 1 is 1.21 bits per heavy atom. The average molecular weight is 368 g/mol. The second kappa shape index (κ2) is 8.23. The molecule has 24 heavy (non-hydrogen) atoms. The van der Waals surface area contributed by atoms with E-state index in [1.807, 2.05) is 18.2 Å². The van der Waals surface area contributed by atoms with Crippen molar-refractivity contribution in [1.82, 2.24) is 15.0 Å². The van der Waals surface area contributed by atoms with Gasteiger partial charge in [0.1, 0.15) is 0 Å². The summed E-state index contributed by atoms with van der Waals surface area (Å²) in [5, 5.41) is 3.50. The molecule has 0 saturated heterocycles. The molecule has 2 rings (SSSR count). The van der Waals surface area contributed by atoms with E-state index >= 15 is 0 Å². The lowest BCUT2D eigenvalue weighted by Gasteiger charge is -2.19. The fourth-order valence-electron chi connectivity index (χ4n) is 2.14. The number of pyridine rings is 1. The molecule has 128 valence electrons. The maximum Gasteiger partial charge on any atom is 0.222 e. The molecule has 0 radical (unpaired) electrons. The topological polar surface area (TPSA) is 88.2 Å². The molecule has 2 N–H and O–H groups in total. The first-order valence-electron chi connectivity index (χ1n) is 7.24. The number of carbonyl (C=O) groups is 1. The summed E-state index contributed by atoms with van der Waals surface area (Å²) in [5.41, 5.74) is 1.68. The van der Waals surface area contributed by atoms with Crippen LogP contribution in [0.4, 0.5) is 0 Å². The number of sulfonamides is 1. The van der Waals surface area contributed by atoms with E-state index in [2.05, 4.69) is 15.0 Å². The molecule has 0 aliphatic rings. The number of nitrogens with one attached hydrogen (secondary N) is 2. The first kappa shape index (κ1) is 18.4. The largest absolute Gasteiger partial charge is 0.345 e. The van der Waals surface area contributed by atoms with Crippen molar-refractivity contribution in [1.29, 1.82) is 0 Å². The molecule has 1 aromatic heterocycles. The molecule has 0 aliphatic carbocycles. The molecule has 0 bridgehead atoms. The van der Waals surface area contributed by atoms with Crippen LogP contribution in [0.25, 0.3) is 0 Å². The van der Waals surface area contributed by atoms with Crippen LogP contribution < -0.4 is 10.0 Å². The summed E-state index contributed by atoms with van der Waals surface area (Å²) in [4.78, 5) is 16.2. The van der Waals surface area contributed by atoms with Crippen LogP contribution in [0.15, 0.2) is 48.8 Å². The highest BCUT2D eigenvalue weighted by Crippen LogP contribution is 2.23. The molecule has 0 aliphatic heterocycles. The van der Waals surface area contributed by atoms with Crippen LogP contribution in [-0.2, 0) is 14.8 Å². The van der Waals surface area contributed by atoms with E-state index < -0.39 is 10.0 Å². The maximum absolute atomic E-state index is 12.2. The Hall–Kier alpha value is -1.96. The number of rotatable bonds is 7. The summed E-state index contributed by atoms with van der Waals surface area (Å²) in [7, 11) is -3.31. The number of carbonyl (C=O) groups excluding carboxylic acids is 1. The molecule has 1 aromatic carbocycles. The highest BCUT2D eigenvalue weighted by Gasteiger charge is 2.17. The van der Waals surface area contributed by atoms with Gasteiger partial charge in [0, 0.05) is 30.4 Å². The minimum absolute atomic E-state index is 0.0391. The van der Waals surface area contributed by atoms with Crippen LogP contribution in [0.3, 0.4) is 0 Å². The van der Waals surface area contributed by atoms with Gasteiger partial charge in [-0.25, -0.2) is 13.1 Å². The lowest BCUT2D eigenvalue weighted by Crippen LogP contribution is -2.33. The predicted molar refractivity (Wildman–Crippen MR) is 93.1 cm³/mol. The van der Waals surface area contributed by atoms with Gasteiger partial charge in [0.15, 0.2) is 0 Å². The third kappa shape index (κ3) is 5.92. The Labute approximate surface area is 146 Å². The molecule has 0 saturated carbocycles. The zero-order valence-corrected chi connectivity index (χ0v) is 14.6. The molecule has 6 nitrogen and oxygen atoms in total. The molecule has 1 atom stereocenters. The number of aromatic nitrogens is 1. The highest BCUT2D eigenvalue weighted by molar-refractivity contribution is 7.88. The average Bonchev–Trinajstić information content (AvgIpc) is 2.53. The van der Waals surface area contributed by atoms with Gasteiger partial charge in [-0.3, -0.25) is 9.78 Å². The molecular formula is C16H18ClN3O3S. The Morgan fingerprint density at radius 3 is 2.50 bits per heavy atom. The molecule has 2 aromatic rings. The van der Waals surface area contributed by atoms with Crippen molar-refractivity contribution in [3.05, 3.63) is 64.9 Å². The maximum atomic E-state index is 12.2. The minimum atomic E-state index is -3.31. The number of benzene rings is 1. The lowest BCUT2D eigenvalue weighted by molar-refractivity contribution is -0.121. The molecule has 0 fully saturated rings. The second-order valence-corrected chi connectivity index (χ2v) is 7.52. The summed E-state index contributed by atoms with van der Waals surface area (Å²) < 4.78 is 24.4. The molecule has 1 amide bonds. The third-order valence-electron chi connectivity index (χ3n) is 3.24. The van der Waals surface area contributed by atoms with Crippen LogP contribution in [0.2, 0.25) is 5.02 Å². The van der Waals surface area contributed by atoms with Crippen LogP contribution in [0.1, 0.15) is 23.6 Å². The van der Waals surface area contributed by atoms with Gasteiger partial charge in [-0.05, 0) is 29.3 Å². The quantitative estimate of drug-likeness (QED) is 0.782. The summed E-state index contributed by atoms with van der Waals surface area (Å²) in [6, 6.07) is 10.4. The van der Waals surface area contributed by atoms with E-state index in [0.717, 1.165) is 17.4 Å². The molecular weight excluding hydrogens is 350 g/mol. The van der Waals surface area contributed by atoms with E-state index in [9.17, 15) is 13.2 Å². The predicted octanol–water partition coefficient (Wildman–Crippen LogP) is 1.88. The summed E-state index contributed by atoms with van der Waals surface area (Å²) in [6.07, 6.45) is 4.42. The van der Waals surface area contributed by atoms with Gasteiger partial charge < -0.3 is 5.32 Å². The van der Waals surface area contributed by atoms with Crippen molar-refractivity contribution in [2.24, 2.45) is 0 Å². The number of hydrogen-bond donors (Lipinski definition) is 2. The first-order chi connectivity index (χ1) is 11.3. The SMILES string of the molecule is CS(=O)(=O)NCCC(=O)NC(c1ccc(Cl)cc1)c1cccnc1. The monoisotopic (exact) mass is 367 g/mol. The van der Waals surface area contributed by atoms with E-state index in [1.54, 1.807) is 30.6 Å².